The number of urea groups is 1. The van der Waals surface area contributed by atoms with Crippen LogP contribution < -0.4 is 11.1 Å². The number of aromatic nitrogens is 2. The molecule has 0 radical (unpaired) electrons. The van der Waals surface area contributed by atoms with Gasteiger partial charge in [-0.3, -0.25) is 14.5 Å². The third-order valence-electron chi connectivity index (χ3n) is 3.49. The van der Waals surface area contributed by atoms with Crippen LogP contribution in [0, 0.1) is 5.82 Å². The molecule has 136 valence electrons. The first-order valence-electron chi connectivity index (χ1n) is 7.52. The molecule has 26 heavy (non-hydrogen) atoms. The second-order valence-corrected chi connectivity index (χ2v) is 5.28. The summed E-state index contributed by atoms with van der Waals surface area (Å²) in [6.45, 7) is -0.690. The third-order valence-corrected chi connectivity index (χ3v) is 3.49. The largest absolute Gasteiger partial charge is 0.454 e. The highest BCUT2D eigenvalue weighted by molar-refractivity contribution is 5.96. The first-order chi connectivity index (χ1) is 12.4. The van der Waals surface area contributed by atoms with Crippen LogP contribution in [0.1, 0.15) is 0 Å². The van der Waals surface area contributed by atoms with Crippen LogP contribution in [0.3, 0.4) is 0 Å². The SMILES string of the molecule is O=C(Cn1nc(-c2ccc(F)cc2)oc1=O)OCC(=O)N1CCNC1=O. The Balaban J connectivity index is 1.59. The van der Waals surface area contributed by atoms with Gasteiger partial charge in [-0.15, -0.1) is 5.10 Å². The monoisotopic (exact) mass is 364 g/mol. The van der Waals surface area contributed by atoms with Crippen LogP contribution in [0.5, 0.6) is 0 Å². The van der Waals surface area contributed by atoms with E-state index in [1.54, 1.807) is 0 Å². The summed E-state index contributed by atoms with van der Waals surface area (Å²) >= 11 is 0. The zero-order valence-electron chi connectivity index (χ0n) is 13.3. The third kappa shape index (κ3) is 3.77. The van der Waals surface area contributed by atoms with Crippen molar-refractivity contribution in [1.29, 1.82) is 0 Å². The lowest BCUT2D eigenvalue weighted by Crippen LogP contribution is -2.37. The number of carbonyl (C=O) groups is 3. The highest BCUT2D eigenvalue weighted by atomic mass is 19.1. The molecular formula is C15H13FN4O6. The maximum atomic E-state index is 12.9. The number of hydrogen-bond acceptors (Lipinski definition) is 7. The highest BCUT2D eigenvalue weighted by Crippen LogP contribution is 2.15. The van der Waals surface area contributed by atoms with Gasteiger partial charge in [-0.25, -0.2) is 14.0 Å². The van der Waals surface area contributed by atoms with Crippen molar-refractivity contribution in [2.24, 2.45) is 0 Å². The molecule has 0 atom stereocenters. The number of imide groups is 1. The zero-order chi connectivity index (χ0) is 18.7. The van der Waals surface area contributed by atoms with Crippen LogP contribution in [0.25, 0.3) is 11.5 Å². The summed E-state index contributed by atoms with van der Waals surface area (Å²) in [5, 5.41) is 6.26. The van der Waals surface area contributed by atoms with Gasteiger partial charge in [-0.2, -0.15) is 4.68 Å². The molecule has 1 fully saturated rings. The van der Waals surface area contributed by atoms with Gasteiger partial charge in [0.2, 0.25) is 5.89 Å². The Labute approximate surface area is 145 Å². The van der Waals surface area contributed by atoms with E-state index < -0.39 is 42.6 Å². The van der Waals surface area contributed by atoms with Gasteiger partial charge < -0.3 is 14.5 Å². The minimum Gasteiger partial charge on any atom is -0.454 e. The van der Waals surface area contributed by atoms with Crippen molar-refractivity contribution < 1.29 is 27.9 Å². The molecule has 11 heteroatoms. The molecule has 1 aromatic carbocycles. The highest BCUT2D eigenvalue weighted by Gasteiger charge is 2.27. The fourth-order valence-electron chi connectivity index (χ4n) is 2.21. The number of ether oxygens (including phenoxy) is 1. The van der Waals surface area contributed by atoms with Gasteiger partial charge in [-0.05, 0) is 24.3 Å². The van der Waals surface area contributed by atoms with Gasteiger partial charge in [0.1, 0.15) is 12.4 Å². The first-order valence-corrected chi connectivity index (χ1v) is 7.52. The average Bonchev–Trinajstić information content (AvgIpc) is 3.19. The van der Waals surface area contributed by atoms with Crippen molar-refractivity contribution in [2.75, 3.05) is 19.7 Å². The molecule has 0 unspecified atom stereocenters. The molecule has 1 aliphatic rings. The molecule has 0 spiro atoms. The second-order valence-electron chi connectivity index (χ2n) is 5.28. The van der Waals surface area contributed by atoms with Crippen LogP contribution in [0.15, 0.2) is 33.5 Å². The quantitative estimate of drug-likeness (QED) is 0.725. The topological polar surface area (TPSA) is 124 Å². The second kappa shape index (κ2) is 7.17. The summed E-state index contributed by atoms with van der Waals surface area (Å²) in [5.74, 6) is -3.04. The number of amides is 3. The molecule has 10 nitrogen and oxygen atoms in total. The van der Waals surface area contributed by atoms with E-state index >= 15 is 0 Å². The number of nitrogens with zero attached hydrogens (tertiary/aromatic N) is 3. The van der Waals surface area contributed by atoms with Crippen LogP contribution in [0.2, 0.25) is 0 Å². The smallest absolute Gasteiger partial charge is 0.437 e. The van der Waals surface area contributed by atoms with Gasteiger partial charge in [0.25, 0.3) is 5.91 Å². The van der Waals surface area contributed by atoms with E-state index in [-0.39, 0.29) is 12.4 Å². The summed E-state index contributed by atoms with van der Waals surface area (Å²) in [4.78, 5) is 47.5. The van der Waals surface area contributed by atoms with Crippen LogP contribution in [0.4, 0.5) is 9.18 Å². The molecular weight excluding hydrogens is 351 g/mol. The lowest BCUT2D eigenvalue weighted by molar-refractivity contribution is -0.151. The van der Waals surface area contributed by atoms with Crippen molar-refractivity contribution >= 4 is 17.9 Å². The first kappa shape index (κ1) is 17.3. The van der Waals surface area contributed by atoms with Gasteiger partial charge in [0.05, 0.1) is 0 Å². The normalized spacial score (nSPS) is 13.6. The number of carbonyl (C=O) groups excluding carboxylic acids is 3. The Morgan fingerprint density at radius 1 is 1.27 bits per heavy atom. The van der Waals surface area contributed by atoms with Crippen LogP contribution >= 0.6 is 0 Å². The molecule has 2 aromatic rings. The Hall–Kier alpha value is -3.50. The van der Waals surface area contributed by atoms with Crippen molar-refractivity contribution in [2.45, 2.75) is 6.54 Å². The molecule has 0 aliphatic carbocycles. The molecule has 0 saturated carbocycles. The van der Waals surface area contributed by atoms with Crippen molar-refractivity contribution in [3.8, 4) is 11.5 Å². The molecule has 3 rings (SSSR count). The van der Waals surface area contributed by atoms with Gasteiger partial charge in [0.15, 0.2) is 6.61 Å². The molecule has 1 saturated heterocycles. The van der Waals surface area contributed by atoms with Crippen LogP contribution in [-0.2, 0) is 20.9 Å². The number of hydrogen-bond donors (Lipinski definition) is 1. The van der Waals surface area contributed by atoms with Gasteiger partial charge in [0, 0.05) is 18.7 Å². The predicted molar refractivity (Wildman–Crippen MR) is 82.2 cm³/mol. The average molecular weight is 364 g/mol. The lowest BCUT2D eigenvalue weighted by atomic mass is 10.2. The summed E-state index contributed by atoms with van der Waals surface area (Å²) in [5.41, 5.74) is 0.353. The fraction of sp³-hybridized carbons (Fsp3) is 0.267. The molecule has 1 N–H and O–H groups in total. The van der Waals surface area contributed by atoms with Gasteiger partial charge in [-0.1, -0.05) is 0 Å². The predicted octanol–water partition coefficient (Wildman–Crippen LogP) is -0.263. The van der Waals surface area contributed by atoms with Crippen molar-refractivity contribution in [1.82, 2.24) is 20.0 Å². The molecule has 0 bridgehead atoms. The summed E-state index contributed by atoms with van der Waals surface area (Å²) in [7, 11) is 0. The van der Waals surface area contributed by atoms with Crippen molar-refractivity contribution in [3.63, 3.8) is 0 Å². The number of esters is 1. The number of nitrogens with one attached hydrogen (secondary N) is 1. The summed E-state index contributed by atoms with van der Waals surface area (Å²) < 4.78 is 23.3. The Morgan fingerprint density at radius 2 is 2.00 bits per heavy atom. The van der Waals surface area contributed by atoms with E-state index in [2.05, 4.69) is 10.4 Å². The Kier molecular flexibility index (Phi) is 4.78. The van der Waals surface area contributed by atoms with Crippen molar-refractivity contribution in [3.05, 3.63) is 40.6 Å². The maximum absolute atomic E-state index is 12.9. The Morgan fingerprint density at radius 3 is 2.65 bits per heavy atom. The van der Waals surface area contributed by atoms with Crippen LogP contribution in [-0.4, -0.2) is 52.3 Å². The lowest BCUT2D eigenvalue weighted by Gasteiger charge is -2.11. The standard InChI is InChI=1S/C15H13FN4O6/c16-10-3-1-9(2-4-10)13-18-20(15(24)26-13)7-12(22)25-8-11(21)19-6-5-17-14(19)23/h1-4H,5-8H2,(H,17,23). The molecule has 1 aromatic heterocycles. The summed E-state index contributed by atoms with van der Waals surface area (Å²) in [6, 6.07) is 4.51. The molecule has 2 heterocycles. The number of benzene rings is 1. The fourth-order valence-corrected chi connectivity index (χ4v) is 2.21. The van der Waals surface area contributed by atoms with E-state index in [9.17, 15) is 23.6 Å². The van der Waals surface area contributed by atoms with E-state index in [4.69, 9.17) is 9.15 Å². The zero-order valence-corrected chi connectivity index (χ0v) is 13.3. The Bertz CT molecular complexity index is 904. The number of rotatable bonds is 5. The van der Waals surface area contributed by atoms with E-state index in [0.717, 1.165) is 4.90 Å². The van der Waals surface area contributed by atoms with E-state index in [1.807, 2.05) is 0 Å². The van der Waals surface area contributed by atoms with E-state index in [0.29, 0.717) is 16.8 Å². The minimum atomic E-state index is -0.911. The summed E-state index contributed by atoms with van der Waals surface area (Å²) in [6.07, 6.45) is 0. The maximum Gasteiger partial charge on any atom is 0.437 e. The number of halogens is 1. The van der Waals surface area contributed by atoms with Gasteiger partial charge >= 0.3 is 17.8 Å². The minimum absolute atomic E-state index is 0.0902. The molecule has 3 amide bonds. The molecule has 1 aliphatic heterocycles. The van der Waals surface area contributed by atoms with E-state index in [1.165, 1.54) is 24.3 Å².